The first-order valence-electron chi connectivity index (χ1n) is 9.13. The quantitative estimate of drug-likeness (QED) is 0.409. The largest absolute Gasteiger partial charge is 0.465 e. The van der Waals surface area contributed by atoms with Crippen molar-refractivity contribution in [3.63, 3.8) is 0 Å². The molecule has 0 bridgehead atoms. The highest BCUT2D eigenvalue weighted by Gasteiger charge is 2.21. The Hall–Kier alpha value is -3.04. The Bertz CT molecular complexity index is 1150. The minimum atomic E-state index is -0.331. The van der Waals surface area contributed by atoms with E-state index in [0.29, 0.717) is 10.6 Å². The van der Waals surface area contributed by atoms with Gasteiger partial charge >= 0.3 is 5.97 Å². The third-order valence-electron chi connectivity index (χ3n) is 5.10. The summed E-state index contributed by atoms with van der Waals surface area (Å²) in [6.45, 7) is 2.15. The van der Waals surface area contributed by atoms with Crippen molar-refractivity contribution in [1.82, 2.24) is 4.98 Å². The highest BCUT2D eigenvalue weighted by Crippen LogP contribution is 2.39. The maximum absolute atomic E-state index is 12.0. The Morgan fingerprint density at radius 2 is 1.79 bits per heavy atom. The minimum absolute atomic E-state index is 0.0646. The molecular formula is C24H20ClNO2. The van der Waals surface area contributed by atoms with Gasteiger partial charge in [-0.25, -0.2) is 4.79 Å². The first-order valence-corrected chi connectivity index (χ1v) is 9.51. The van der Waals surface area contributed by atoms with E-state index in [2.05, 4.69) is 30.1 Å². The number of carbonyl (C=O) groups is 1. The fourth-order valence-corrected chi connectivity index (χ4v) is 3.87. The molecule has 140 valence electrons. The van der Waals surface area contributed by atoms with E-state index in [-0.39, 0.29) is 11.9 Å². The fourth-order valence-electron chi connectivity index (χ4n) is 3.69. The number of fused-ring (bicyclic) bond motifs is 1. The lowest BCUT2D eigenvalue weighted by Crippen LogP contribution is -2.04. The summed E-state index contributed by atoms with van der Waals surface area (Å²) in [4.78, 5) is 15.5. The Morgan fingerprint density at radius 1 is 1.00 bits per heavy atom. The average molecular weight is 390 g/mol. The van der Waals surface area contributed by atoms with Crippen molar-refractivity contribution in [2.24, 2.45) is 0 Å². The van der Waals surface area contributed by atoms with Gasteiger partial charge in [0.05, 0.1) is 18.4 Å². The van der Waals surface area contributed by atoms with Gasteiger partial charge in [0, 0.05) is 21.8 Å². The maximum atomic E-state index is 12.0. The van der Waals surface area contributed by atoms with Gasteiger partial charge < -0.3 is 9.72 Å². The van der Waals surface area contributed by atoms with E-state index in [4.69, 9.17) is 16.3 Å². The van der Waals surface area contributed by atoms with Crippen LogP contribution in [0.5, 0.6) is 0 Å². The number of H-pyrrole nitrogens is 1. The number of aromatic amines is 1. The molecular weight excluding hydrogens is 370 g/mol. The predicted molar refractivity (Wildman–Crippen MR) is 114 cm³/mol. The van der Waals surface area contributed by atoms with Gasteiger partial charge in [-0.15, -0.1) is 0 Å². The number of hydrogen-bond donors (Lipinski definition) is 1. The van der Waals surface area contributed by atoms with E-state index >= 15 is 0 Å². The molecule has 0 aliphatic heterocycles. The van der Waals surface area contributed by atoms with Gasteiger partial charge in [-0.2, -0.15) is 0 Å². The second-order valence-corrected chi connectivity index (χ2v) is 7.24. The van der Waals surface area contributed by atoms with Gasteiger partial charge in [0.1, 0.15) is 0 Å². The molecule has 0 amide bonds. The summed E-state index contributed by atoms with van der Waals surface area (Å²) in [5, 5.41) is 1.82. The van der Waals surface area contributed by atoms with Crippen LogP contribution in [-0.4, -0.2) is 18.1 Å². The highest BCUT2D eigenvalue weighted by atomic mass is 35.5. The van der Waals surface area contributed by atoms with Crippen LogP contribution in [0.4, 0.5) is 0 Å². The van der Waals surface area contributed by atoms with E-state index in [1.165, 1.54) is 12.7 Å². The zero-order chi connectivity index (χ0) is 19.7. The van der Waals surface area contributed by atoms with Crippen molar-refractivity contribution < 1.29 is 9.53 Å². The van der Waals surface area contributed by atoms with E-state index in [1.54, 1.807) is 6.07 Å². The first kappa shape index (κ1) is 18.3. The fraction of sp³-hybridized carbons (Fsp3) is 0.125. The van der Waals surface area contributed by atoms with Crippen molar-refractivity contribution >= 4 is 28.5 Å². The minimum Gasteiger partial charge on any atom is -0.465 e. The second-order valence-electron chi connectivity index (χ2n) is 6.81. The summed E-state index contributed by atoms with van der Waals surface area (Å²) in [5.74, 6) is -0.266. The van der Waals surface area contributed by atoms with Crippen LogP contribution in [0.15, 0.2) is 72.8 Å². The molecule has 4 rings (SSSR count). The predicted octanol–water partition coefficient (Wildman–Crippen LogP) is 6.43. The summed E-state index contributed by atoms with van der Waals surface area (Å²) < 4.78 is 4.88. The number of aromatic nitrogens is 1. The lowest BCUT2D eigenvalue weighted by molar-refractivity contribution is 0.0600. The summed E-state index contributed by atoms with van der Waals surface area (Å²) in [6.07, 6.45) is 0. The zero-order valence-electron chi connectivity index (χ0n) is 15.7. The van der Waals surface area contributed by atoms with Crippen molar-refractivity contribution in [2.75, 3.05) is 7.11 Å². The number of carbonyl (C=O) groups excluding carboxylic acids is 1. The molecule has 3 aromatic carbocycles. The van der Waals surface area contributed by atoms with Gasteiger partial charge in [-0.3, -0.25) is 0 Å². The van der Waals surface area contributed by atoms with Crippen LogP contribution < -0.4 is 0 Å². The normalized spacial score (nSPS) is 12.1. The number of rotatable bonds is 4. The Labute approximate surface area is 168 Å². The van der Waals surface area contributed by atoms with Crippen LogP contribution in [0, 0.1) is 0 Å². The number of benzene rings is 3. The first-order chi connectivity index (χ1) is 13.6. The molecule has 4 heteroatoms. The van der Waals surface area contributed by atoms with Crippen molar-refractivity contribution in [1.29, 1.82) is 0 Å². The molecule has 0 aliphatic rings. The molecule has 0 radical (unpaired) electrons. The van der Waals surface area contributed by atoms with E-state index in [9.17, 15) is 4.79 Å². The van der Waals surface area contributed by atoms with Crippen LogP contribution in [-0.2, 0) is 4.74 Å². The molecule has 0 saturated heterocycles. The number of halogens is 1. The van der Waals surface area contributed by atoms with Gasteiger partial charge in [-0.1, -0.05) is 67.1 Å². The molecule has 1 unspecified atom stereocenters. The standard InChI is InChI=1S/C24H20ClNO2/c1-15(17-9-6-10-18(13-17)24(27)28-2)22-20-12-11-19(25)14-21(20)26-23(22)16-7-4-3-5-8-16/h3-15,26H,1-2H3. The summed E-state index contributed by atoms with van der Waals surface area (Å²) in [7, 11) is 1.40. The van der Waals surface area contributed by atoms with Gasteiger partial charge in [0.15, 0.2) is 0 Å². The zero-order valence-corrected chi connectivity index (χ0v) is 16.5. The van der Waals surface area contributed by atoms with Crippen molar-refractivity contribution in [3.05, 3.63) is 94.5 Å². The summed E-state index contributed by atoms with van der Waals surface area (Å²) >= 11 is 6.22. The van der Waals surface area contributed by atoms with Gasteiger partial charge in [0.2, 0.25) is 0 Å². The molecule has 1 N–H and O–H groups in total. The molecule has 0 fully saturated rings. The number of methoxy groups -OCH3 is 1. The average Bonchev–Trinajstić information content (AvgIpc) is 3.11. The summed E-state index contributed by atoms with van der Waals surface area (Å²) in [6, 6.07) is 23.8. The van der Waals surface area contributed by atoms with Crippen LogP contribution >= 0.6 is 11.6 Å². The molecule has 28 heavy (non-hydrogen) atoms. The second kappa shape index (κ2) is 7.53. The topological polar surface area (TPSA) is 42.1 Å². The van der Waals surface area contributed by atoms with Gasteiger partial charge in [-0.05, 0) is 41.0 Å². The Kier molecular flexibility index (Phi) is 4.93. The van der Waals surface area contributed by atoms with Crippen molar-refractivity contribution in [2.45, 2.75) is 12.8 Å². The van der Waals surface area contributed by atoms with E-state index in [0.717, 1.165) is 27.7 Å². The molecule has 3 nitrogen and oxygen atoms in total. The Balaban J connectivity index is 1.91. The number of ether oxygens (including phenoxy) is 1. The molecule has 1 heterocycles. The summed E-state index contributed by atoms with van der Waals surface area (Å²) in [5.41, 5.74) is 5.96. The molecule has 0 aliphatic carbocycles. The monoisotopic (exact) mass is 389 g/mol. The smallest absolute Gasteiger partial charge is 0.337 e. The molecule has 1 atom stereocenters. The van der Waals surface area contributed by atoms with Gasteiger partial charge in [0.25, 0.3) is 0 Å². The van der Waals surface area contributed by atoms with Crippen LogP contribution in [0.1, 0.15) is 34.3 Å². The SMILES string of the molecule is COC(=O)c1cccc(C(C)c2c(-c3ccccc3)[nH]c3cc(Cl)ccc23)c1. The molecule has 0 saturated carbocycles. The lowest BCUT2D eigenvalue weighted by atomic mass is 9.88. The number of esters is 1. The third-order valence-corrected chi connectivity index (χ3v) is 5.34. The van der Waals surface area contributed by atoms with Crippen LogP contribution in [0.25, 0.3) is 22.2 Å². The molecule has 4 aromatic rings. The van der Waals surface area contributed by atoms with Crippen molar-refractivity contribution in [3.8, 4) is 11.3 Å². The Morgan fingerprint density at radius 3 is 2.54 bits per heavy atom. The maximum Gasteiger partial charge on any atom is 0.337 e. The van der Waals surface area contributed by atoms with Crippen LogP contribution in [0.3, 0.4) is 0 Å². The lowest BCUT2D eigenvalue weighted by Gasteiger charge is -2.15. The highest BCUT2D eigenvalue weighted by molar-refractivity contribution is 6.31. The number of hydrogen-bond acceptors (Lipinski definition) is 2. The third kappa shape index (κ3) is 3.30. The molecule has 0 spiro atoms. The van der Waals surface area contributed by atoms with E-state index < -0.39 is 0 Å². The van der Waals surface area contributed by atoms with E-state index in [1.807, 2.05) is 48.5 Å². The molecule has 1 aromatic heterocycles. The number of nitrogens with one attached hydrogen (secondary N) is 1. The van der Waals surface area contributed by atoms with Crippen LogP contribution in [0.2, 0.25) is 5.02 Å².